The highest BCUT2D eigenvalue weighted by Crippen LogP contribution is 2.32. The fraction of sp³-hybridized carbons (Fsp3) is 0.143. The number of anilines is 1. The average Bonchev–Trinajstić information content (AvgIpc) is 2.37. The molecule has 0 aliphatic rings. The predicted molar refractivity (Wildman–Crippen MR) is 80.1 cm³/mol. The largest absolute Gasteiger partial charge is 0.383 e. The fourth-order valence-corrected chi connectivity index (χ4v) is 2.26. The Morgan fingerprint density at radius 2 is 1.50 bits per heavy atom. The maximum Gasteiger partial charge on any atom is 0.0653 e. The molecule has 1 N–H and O–H groups in total. The van der Waals surface area contributed by atoms with Crippen molar-refractivity contribution in [2.24, 2.45) is 0 Å². The molecule has 0 bridgehead atoms. The van der Waals surface area contributed by atoms with Gasteiger partial charge in [-0.05, 0) is 24.1 Å². The van der Waals surface area contributed by atoms with Crippen LogP contribution in [0.15, 0.2) is 42.5 Å². The Morgan fingerprint density at radius 1 is 0.833 bits per heavy atom. The van der Waals surface area contributed by atoms with Gasteiger partial charge in [-0.3, -0.25) is 0 Å². The zero-order chi connectivity index (χ0) is 13.0. The van der Waals surface area contributed by atoms with Crippen molar-refractivity contribution >= 4 is 40.5 Å². The highest BCUT2D eigenvalue weighted by molar-refractivity contribution is 6.44. The summed E-state index contributed by atoms with van der Waals surface area (Å²) >= 11 is 17.9. The Kier molecular flexibility index (Phi) is 4.76. The predicted octanol–water partition coefficient (Wildman–Crippen LogP) is 5.30. The summed E-state index contributed by atoms with van der Waals surface area (Å²) in [6.45, 7) is 0.793. The summed E-state index contributed by atoms with van der Waals surface area (Å²) in [5.74, 6) is 0. The molecule has 1 nitrogen and oxygen atoms in total. The van der Waals surface area contributed by atoms with Crippen LogP contribution in [0.1, 0.15) is 5.56 Å². The number of nitrogens with one attached hydrogen (secondary N) is 1. The molecule has 0 saturated carbocycles. The molecule has 2 aromatic rings. The van der Waals surface area contributed by atoms with Crippen molar-refractivity contribution in [1.29, 1.82) is 0 Å². The van der Waals surface area contributed by atoms with Crippen LogP contribution >= 0.6 is 34.8 Å². The first kappa shape index (κ1) is 13.5. The van der Waals surface area contributed by atoms with Crippen LogP contribution in [-0.4, -0.2) is 6.54 Å². The monoisotopic (exact) mass is 299 g/mol. The number of rotatable bonds is 4. The summed E-state index contributed by atoms with van der Waals surface area (Å²) in [7, 11) is 0. The Bertz CT molecular complexity index is 526. The van der Waals surface area contributed by atoms with Crippen LogP contribution in [0, 0.1) is 0 Å². The Labute approximate surface area is 122 Å². The average molecular weight is 301 g/mol. The van der Waals surface area contributed by atoms with Crippen molar-refractivity contribution in [3.8, 4) is 0 Å². The van der Waals surface area contributed by atoms with E-state index in [4.69, 9.17) is 34.8 Å². The van der Waals surface area contributed by atoms with Gasteiger partial charge in [0.05, 0.1) is 20.8 Å². The van der Waals surface area contributed by atoms with Crippen LogP contribution < -0.4 is 5.32 Å². The zero-order valence-electron chi connectivity index (χ0n) is 9.59. The third-order valence-electron chi connectivity index (χ3n) is 2.58. The lowest BCUT2D eigenvalue weighted by molar-refractivity contribution is 1.02. The van der Waals surface area contributed by atoms with Crippen molar-refractivity contribution in [1.82, 2.24) is 0 Å². The number of halogens is 3. The van der Waals surface area contributed by atoms with E-state index in [2.05, 4.69) is 17.4 Å². The second-order valence-corrected chi connectivity index (χ2v) is 5.13. The molecule has 0 fully saturated rings. The van der Waals surface area contributed by atoms with Gasteiger partial charge in [0.1, 0.15) is 0 Å². The molecule has 0 aromatic heterocycles. The van der Waals surface area contributed by atoms with Crippen molar-refractivity contribution < 1.29 is 0 Å². The highest BCUT2D eigenvalue weighted by Gasteiger charge is 2.05. The normalized spacial score (nSPS) is 10.4. The number of hydrogen-bond acceptors (Lipinski definition) is 1. The van der Waals surface area contributed by atoms with E-state index >= 15 is 0 Å². The minimum Gasteiger partial charge on any atom is -0.383 e. The van der Waals surface area contributed by atoms with Crippen LogP contribution in [0.5, 0.6) is 0 Å². The molecule has 0 aliphatic carbocycles. The molecule has 94 valence electrons. The van der Waals surface area contributed by atoms with Crippen LogP contribution in [0.4, 0.5) is 5.69 Å². The van der Waals surface area contributed by atoms with Gasteiger partial charge in [0.2, 0.25) is 0 Å². The summed E-state index contributed by atoms with van der Waals surface area (Å²) in [5.41, 5.74) is 2.09. The van der Waals surface area contributed by atoms with Crippen LogP contribution in [0.2, 0.25) is 15.1 Å². The van der Waals surface area contributed by atoms with Gasteiger partial charge in [-0.25, -0.2) is 0 Å². The summed E-state index contributed by atoms with van der Waals surface area (Å²) in [5, 5.41) is 4.81. The fourth-order valence-electron chi connectivity index (χ4n) is 1.64. The van der Waals surface area contributed by atoms with E-state index in [0.717, 1.165) is 18.7 Å². The van der Waals surface area contributed by atoms with Gasteiger partial charge >= 0.3 is 0 Å². The molecule has 0 unspecified atom stereocenters. The molecule has 4 heteroatoms. The molecule has 0 radical (unpaired) electrons. The van der Waals surface area contributed by atoms with Gasteiger partial charge < -0.3 is 5.32 Å². The lowest BCUT2D eigenvalue weighted by atomic mass is 10.1. The lowest BCUT2D eigenvalue weighted by Gasteiger charge is -2.09. The maximum atomic E-state index is 6.08. The Balaban J connectivity index is 1.97. The molecular formula is C14H12Cl3N. The van der Waals surface area contributed by atoms with Gasteiger partial charge in [-0.1, -0.05) is 65.1 Å². The van der Waals surface area contributed by atoms with Gasteiger partial charge in [0, 0.05) is 6.54 Å². The molecule has 0 atom stereocenters. The van der Waals surface area contributed by atoms with Gasteiger partial charge in [-0.2, -0.15) is 0 Å². The quantitative estimate of drug-likeness (QED) is 0.755. The third-order valence-corrected chi connectivity index (χ3v) is 3.62. The van der Waals surface area contributed by atoms with Crippen molar-refractivity contribution in [3.63, 3.8) is 0 Å². The van der Waals surface area contributed by atoms with E-state index in [1.807, 2.05) is 18.2 Å². The molecule has 0 saturated heterocycles. The summed E-state index contributed by atoms with van der Waals surface area (Å²) in [6, 6.07) is 13.7. The van der Waals surface area contributed by atoms with Gasteiger partial charge in [0.25, 0.3) is 0 Å². The van der Waals surface area contributed by atoms with Crippen molar-refractivity contribution in [2.45, 2.75) is 6.42 Å². The third kappa shape index (κ3) is 3.55. The standard InChI is InChI=1S/C14H12Cl3N/c15-11-8-13(17)14(9-12(11)16)18-7-6-10-4-2-1-3-5-10/h1-5,8-9,18H,6-7H2. The Morgan fingerprint density at radius 3 is 2.22 bits per heavy atom. The van der Waals surface area contributed by atoms with Gasteiger partial charge in [-0.15, -0.1) is 0 Å². The van der Waals surface area contributed by atoms with E-state index in [-0.39, 0.29) is 0 Å². The topological polar surface area (TPSA) is 12.0 Å². The highest BCUT2D eigenvalue weighted by atomic mass is 35.5. The maximum absolute atomic E-state index is 6.08. The minimum absolute atomic E-state index is 0.468. The van der Waals surface area contributed by atoms with E-state index in [1.165, 1.54) is 5.56 Å². The number of benzene rings is 2. The molecule has 0 heterocycles. The van der Waals surface area contributed by atoms with Crippen LogP contribution in [0.3, 0.4) is 0 Å². The summed E-state index contributed by atoms with van der Waals surface area (Å²) < 4.78 is 0. The second-order valence-electron chi connectivity index (χ2n) is 3.91. The molecule has 2 aromatic carbocycles. The molecule has 18 heavy (non-hydrogen) atoms. The molecule has 0 amide bonds. The van der Waals surface area contributed by atoms with Gasteiger partial charge in [0.15, 0.2) is 0 Å². The second kappa shape index (κ2) is 6.33. The smallest absolute Gasteiger partial charge is 0.0653 e. The van der Waals surface area contributed by atoms with E-state index in [9.17, 15) is 0 Å². The van der Waals surface area contributed by atoms with E-state index < -0.39 is 0 Å². The SMILES string of the molecule is Clc1cc(Cl)c(NCCc2ccccc2)cc1Cl. The van der Waals surface area contributed by atoms with Crippen molar-refractivity contribution in [3.05, 3.63) is 63.1 Å². The first-order valence-corrected chi connectivity index (χ1v) is 6.72. The van der Waals surface area contributed by atoms with E-state index in [0.29, 0.717) is 15.1 Å². The number of hydrogen-bond donors (Lipinski definition) is 1. The first-order chi connectivity index (χ1) is 8.66. The molecule has 2 rings (SSSR count). The molecule has 0 spiro atoms. The molecule has 0 aliphatic heterocycles. The summed E-state index contributed by atoms with van der Waals surface area (Å²) in [6.07, 6.45) is 0.928. The lowest BCUT2D eigenvalue weighted by Crippen LogP contribution is -2.05. The molecular weight excluding hydrogens is 289 g/mol. The van der Waals surface area contributed by atoms with Crippen LogP contribution in [0.25, 0.3) is 0 Å². The van der Waals surface area contributed by atoms with Crippen molar-refractivity contribution in [2.75, 3.05) is 11.9 Å². The van der Waals surface area contributed by atoms with Crippen LogP contribution in [-0.2, 0) is 6.42 Å². The Hall–Kier alpha value is -0.890. The zero-order valence-corrected chi connectivity index (χ0v) is 11.9. The first-order valence-electron chi connectivity index (χ1n) is 5.59. The summed E-state index contributed by atoms with van der Waals surface area (Å²) in [4.78, 5) is 0. The van der Waals surface area contributed by atoms with E-state index in [1.54, 1.807) is 12.1 Å². The minimum atomic E-state index is 0.468.